The zero-order chi connectivity index (χ0) is 21.1. The lowest BCUT2D eigenvalue weighted by Gasteiger charge is -2.39. The number of fused-ring (bicyclic) bond motifs is 1. The molecule has 7 nitrogen and oxygen atoms in total. The van der Waals surface area contributed by atoms with E-state index >= 15 is 0 Å². The van der Waals surface area contributed by atoms with Crippen molar-refractivity contribution in [1.29, 1.82) is 0 Å². The van der Waals surface area contributed by atoms with E-state index in [1.54, 1.807) is 18.2 Å². The maximum absolute atomic E-state index is 12.6. The van der Waals surface area contributed by atoms with Crippen LogP contribution in [0.5, 0.6) is 5.75 Å². The molecule has 2 atom stereocenters. The van der Waals surface area contributed by atoms with Crippen LogP contribution in [0.15, 0.2) is 39.5 Å². The molecule has 7 heteroatoms. The van der Waals surface area contributed by atoms with Crippen molar-refractivity contribution < 1.29 is 18.7 Å². The molecule has 2 aliphatic rings. The summed E-state index contributed by atoms with van der Waals surface area (Å²) in [5.41, 5.74) is 0.0552. The van der Waals surface area contributed by atoms with Gasteiger partial charge in [-0.3, -0.25) is 9.69 Å². The van der Waals surface area contributed by atoms with Crippen molar-refractivity contribution in [2.24, 2.45) is 5.92 Å². The average Bonchev–Trinajstić information content (AvgIpc) is 2.71. The summed E-state index contributed by atoms with van der Waals surface area (Å²) in [5, 5.41) is 0.819. The molecule has 2 saturated heterocycles. The molecule has 0 N–H and O–H groups in total. The van der Waals surface area contributed by atoms with Gasteiger partial charge in [0.2, 0.25) is 0 Å². The van der Waals surface area contributed by atoms with E-state index in [2.05, 4.69) is 18.7 Å². The zero-order valence-electron chi connectivity index (χ0n) is 17.7. The zero-order valence-corrected chi connectivity index (χ0v) is 17.7. The Morgan fingerprint density at radius 3 is 2.53 bits per heavy atom. The largest absolute Gasteiger partial charge is 0.484 e. The quantitative estimate of drug-likeness (QED) is 0.700. The third-order valence-corrected chi connectivity index (χ3v) is 5.94. The van der Waals surface area contributed by atoms with E-state index in [-0.39, 0.29) is 24.7 Å². The number of carbonyl (C=O) groups is 1. The Morgan fingerprint density at radius 2 is 1.80 bits per heavy atom. The molecule has 2 aromatic rings. The Kier molecular flexibility index (Phi) is 6.39. The van der Waals surface area contributed by atoms with Gasteiger partial charge in [-0.05, 0) is 50.8 Å². The van der Waals surface area contributed by atoms with E-state index in [0.29, 0.717) is 17.3 Å². The molecular formula is C23H30N2O5. The fraction of sp³-hybridized carbons (Fsp3) is 0.565. The second kappa shape index (κ2) is 9.18. The van der Waals surface area contributed by atoms with Crippen LogP contribution in [0.1, 0.15) is 26.7 Å². The number of hydrogen-bond donors (Lipinski definition) is 0. The Morgan fingerprint density at radius 1 is 1.10 bits per heavy atom. The van der Waals surface area contributed by atoms with Gasteiger partial charge >= 0.3 is 5.63 Å². The lowest BCUT2D eigenvalue weighted by molar-refractivity contribution is -0.135. The molecule has 1 aromatic carbocycles. The van der Waals surface area contributed by atoms with Gasteiger partial charge in [0.1, 0.15) is 11.3 Å². The van der Waals surface area contributed by atoms with Gasteiger partial charge in [-0.25, -0.2) is 4.79 Å². The summed E-state index contributed by atoms with van der Waals surface area (Å²) in [6.07, 6.45) is 2.62. The number of hydrogen-bond acceptors (Lipinski definition) is 6. The first kappa shape index (κ1) is 20.9. The first-order valence-corrected chi connectivity index (χ1v) is 10.8. The van der Waals surface area contributed by atoms with Crippen LogP contribution in [-0.4, -0.2) is 67.2 Å². The normalized spacial score (nSPS) is 23.6. The SMILES string of the molecule is CC1CN(CC2CCN(C(=O)COc3ccc4ccc(=O)oc4c3)CC2)CC(C)O1. The predicted molar refractivity (Wildman–Crippen MR) is 114 cm³/mol. The molecule has 2 unspecified atom stereocenters. The van der Waals surface area contributed by atoms with Crippen LogP contribution in [0, 0.1) is 5.92 Å². The van der Waals surface area contributed by atoms with Gasteiger partial charge in [0.25, 0.3) is 5.91 Å². The van der Waals surface area contributed by atoms with Crippen LogP contribution < -0.4 is 10.4 Å². The maximum Gasteiger partial charge on any atom is 0.336 e. The minimum absolute atomic E-state index is 0.00308. The van der Waals surface area contributed by atoms with Gasteiger partial charge < -0.3 is 18.8 Å². The molecule has 0 bridgehead atoms. The fourth-order valence-electron chi connectivity index (χ4n) is 4.53. The smallest absolute Gasteiger partial charge is 0.336 e. The molecule has 0 saturated carbocycles. The Labute approximate surface area is 176 Å². The standard InChI is InChI=1S/C23H30N2O5/c1-16-12-24(13-17(2)29-16)14-18-7-9-25(10-8-18)22(26)15-28-20-5-3-19-4-6-23(27)30-21(19)11-20/h3-6,11,16-18H,7-10,12-15H2,1-2H3. The molecule has 4 rings (SSSR count). The average molecular weight is 415 g/mol. The van der Waals surface area contributed by atoms with E-state index in [1.165, 1.54) is 6.07 Å². The predicted octanol–water partition coefficient (Wildman–Crippen LogP) is 2.52. The number of benzene rings is 1. The van der Waals surface area contributed by atoms with Crippen LogP contribution >= 0.6 is 0 Å². The Bertz CT molecular complexity index is 925. The van der Waals surface area contributed by atoms with E-state index < -0.39 is 5.63 Å². The van der Waals surface area contributed by atoms with Crippen molar-refractivity contribution in [2.45, 2.75) is 38.9 Å². The van der Waals surface area contributed by atoms with Gasteiger partial charge in [-0.2, -0.15) is 0 Å². The lowest BCUT2D eigenvalue weighted by Crippen LogP contribution is -2.49. The van der Waals surface area contributed by atoms with Crippen LogP contribution in [0.2, 0.25) is 0 Å². The molecule has 2 fully saturated rings. The fourth-order valence-corrected chi connectivity index (χ4v) is 4.53. The van der Waals surface area contributed by atoms with Crippen LogP contribution in [-0.2, 0) is 9.53 Å². The molecule has 0 radical (unpaired) electrons. The van der Waals surface area contributed by atoms with E-state index in [1.807, 2.05) is 11.0 Å². The number of carbonyl (C=O) groups excluding carboxylic acids is 1. The number of morpholine rings is 1. The van der Waals surface area contributed by atoms with Crippen molar-refractivity contribution in [3.63, 3.8) is 0 Å². The molecule has 1 amide bonds. The first-order chi connectivity index (χ1) is 14.5. The van der Waals surface area contributed by atoms with Crippen molar-refractivity contribution in [2.75, 3.05) is 39.3 Å². The highest BCUT2D eigenvalue weighted by molar-refractivity contribution is 5.79. The highest BCUT2D eigenvalue weighted by Gasteiger charge is 2.28. The second-order valence-corrected chi connectivity index (χ2v) is 8.54. The van der Waals surface area contributed by atoms with Crippen molar-refractivity contribution in [1.82, 2.24) is 9.80 Å². The molecule has 1 aromatic heterocycles. The molecule has 162 valence electrons. The molecule has 3 heterocycles. The number of likely N-dealkylation sites (tertiary alicyclic amines) is 1. The van der Waals surface area contributed by atoms with Gasteiger partial charge in [0.15, 0.2) is 6.61 Å². The third-order valence-electron chi connectivity index (χ3n) is 5.94. The molecule has 0 spiro atoms. The van der Waals surface area contributed by atoms with E-state index in [0.717, 1.165) is 51.0 Å². The van der Waals surface area contributed by atoms with Gasteiger partial charge in [0.05, 0.1) is 12.2 Å². The summed E-state index contributed by atoms with van der Waals surface area (Å²) >= 11 is 0. The van der Waals surface area contributed by atoms with E-state index in [4.69, 9.17) is 13.9 Å². The topological polar surface area (TPSA) is 72.2 Å². The monoisotopic (exact) mass is 414 g/mol. The Balaban J connectivity index is 1.24. The van der Waals surface area contributed by atoms with Gasteiger partial charge in [0, 0.05) is 50.2 Å². The summed E-state index contributed by atoms with van der Waals surface area (Å²) in [6.45, 7) is 8.86. The highest BCUT2D eigenvalue weighted by Crippen LogP contribution is 2.22. The first-order valence-electron chi connectivity index (χ1n) is 10.8. The summed E-state index contributed by atoms with van der Waals surface area (Å²) in [4.78, 5) is 28.3. The van der Waals surface area contributed by atoms with Crippen LogP contribution in [0.3, 0.4) is 0 Å². The van der Waals surface area contributed by atoms with Gasteiger partial charge in [-0.1, -0.05) is 0 Å². The molecule has 30 heavy (non-hydrogen) atoms. The lowest BCUT2D eigenvalue weighted by atomic mass is 9.95. The summed E-state index contributed by atoms with van der Waals surface area (Å²) < 4.78 is 16.7. The minimum atomic E-state index is -0.403. The number of amides is 1. The van der Waals surface area contributed by atoms with Crippen molar-refractivity contribution in [3.8, 4) is 5.75 Å². The van der Waals surface area contributed by atoms with Crippen molar-refractivity contribution >= 4 is 16.9 Å². The highest BCUT2D eigenvalue weighted by atomic mass is 16.5. The third kappa shape index (κ3) is 5.21. The summed E-state index contributed by atoms with van der Waals surface area (Å²) in [6, 6.07) is 8.35. The van der Waals surface area contributed by atoms with Crippen LogP contribution in [0.25, 0.3) is 11.0 Å². The Hall–Kier alpha value is -2.38. The van der Waals surface area contributed by atoms with E-state index in [9.17, 15) is 9.59 Å². The maximum atomic E-state index is 12.6. The number of ether oxygens (including phenoxy) is 2. The van der Waals surface area contributed by atoms with Crippen molar-refractivity contribution in [3.05, 3.63) is 40.8 Å². The summed E-state index contributed by atoms with van der Waals surface area (Å²) in [5.74, 6) is 1.14. The molecule has 0 aliphatic carbocycles. The minimum Gasteiger partial charge on any atom is -0.484 e. The number of piperidine rings is 1. The van der Waals surface area contributed by atoms with Gasteiger partial charge in [-0.15, -0.1) is 0 Å². The second-order valence-electron chi connectivity index (χ2n) is 8.54. The van der Waals surface area contributed by atoms with Crippen LogP contribution in [0.4, 0.5) is 0 Å². The number of rotatable bonds is 5. The summed E-state index contributed by atoms with van der Waals surface area (Å²) in [7, 11) is 0. The molecule has 2 aliphatic heterocycles. The number of nitrogens with zero attached hydrogens (tertiary/aromatic N) is 2. The molecular weight excluding hydrogens is 384 g/mol.